The maximum Gasteiger partial charge on any atom is 0.251 e. The number of rotatable bonds is 4. The van der Waals surface area contributed by atoms with Crippen molar-refractivity contribution < 1.29 is 4.79 Å². The first-order valence-electron chi connectivity index (χ1n) is 10.1. The largest absolute Gasteiger partial charge is 0.349 e. The second-order valence-corrected chi connectivity index (χ2v) is 8.62. The van der Waals surface area contributed by atoms with Crippen LogP contribution in [-0.2, 0) is 6.42 Å². The van der Waals surface area contributed by atoms with E-state index >= 15 is 0 Å². The van der Waals surface area contributed by atoms with Gasteiger partial charge in [0.25, 0.3) is 5.91 Å². The molecular formula is C24H18N4OS. The molecule has 6 heteroatoms. The number of allylic oxidation sites excluding steroid dienone is 1. The molecule has 0 saturated heterocycles. The normalized spacial score (nSPS) is 15.1. The Balaban J connectivity index is 1.36. The Kier molecular flexibility index (Phi) is 3.99. The van der Waals surface area contributed by atoms with Crippen molar-refractivity contribution in [2.45, 2.75) is 25.3 Å². The van der Waals surface area contributed by atoms with Crippen molar-refractivity contribution in [1.82, 2.24) is 20.3 Å². The third kappa shape index (κ3) is 3.09. The molecule has 2 aliphatic rings. The van der Waals surface area contributed by atoms with Crippen molar-refractivity contribution in [3.63, 3.8) is 0 Å². The Hall–Kier alpha value is -3.38. The maximum atomic E-state index is 12.4. The SMILES string of the molecule is O=C(NC1CC1)c1cccc(-c2cnc3c(n2)C(c2ccc4ncsc4c2)=CC3)c1. The fraction of sp³-hybridized carbons (Fsp3) is 0.167. The quantitative estimate of drug-likeness (QED) is 0.532. The Bertz CT molecular complexity index is 1340. The zero-order valence-electron chi connectivity index (χ0n) is 16.1. The van der Waals surface area contributed by atoms with Crippen LogP contribution in [0, 0.1) is 0 Å². The van der Waals surface area contributed by atoms with Crippen LogP contribution in [0.3, 0.4) is 0 Å². The van der Waals surface area contributed by atoms with Crippen LogP contribution >= 0.6 is 11.3 Å². The highest BCUT2D eigenvalue weighted by Crippen LogP contribution is 2.34. The standard InChI is InChI=1S/C24H18N4OS/c29-24(27-17-5-6-17)16-3-1-2-15(10-16)21-12-25-20-9-7-18(23(20)28-21)14-4-8-19-22(11-14)30-13-26-19/h1-4,7-8,10-13,17H,5-6,9H2,(H,27,29). The van der Waals surface area contributed by atoms with Crippen LogP contribution < -0.4 is 5.32 Å². The topological polar surface area (TPSA) is 67.8 Å². The van der Waals surface area contributed by atoms with Crippen LogP contribution in [0.15, 0.2) is 60.2 Å². The minimum absolute atomic E-state index is 0.0214. The number of hydrogen-bond acceptors (Lipinski definition) is 5. The number of carbonyl (C=O) groups is 1. The Labute approximate surface area is 177 Å². The van der Waals surface area contributed by atoms with Crippen molar-refractivity contribution in [3.8, 4) is 11.3 Å². The summed E-state index contributed by atoms with van der Waals surface area (Å²) in [6, 6.07) is 14.3. The molecule has 0 radical (unpaired) electrons. The van der Waals surface area contributed by atoms with Crippen LogP contribution in [-0.4, -0.2) is 26.9 Å². The van der Waals surface area contributed by atoms with E-state index in [4.69, 9.17) is 4.98 Å². The van der Waals surface area contributed by atoms with Gasteiger partial charge in [0.15, 0.2) is 0 Å². The zero-order valence-corrected chi connectivity index (χ0v) is 16.9. The monoisotopic (exact) mass is 410 g/mol. The summed E-state index contributed by atoms with van der Waals surface area (Å²) >= 11 is 1.64. The van der Waals surface area contributed by atoms with E-state index in [9.17, 15) is 4.79 Å². The summed E-state index contributed by atoms with van der Waals surface area (Å²) in [5.41, 5.74) is 9.38. The first-order chi connectivity index (χ1) is 14.7. The molecule has 0 atom stereocenters. The summed E-state index contributed by atoms with van der Waals surface area (Å²) in [6.45, 7) is 0. The second kappa shape index (κ2) is 6.85. The molecule has 2 aromatic carbocycles. The number of hydrogen-bond donors (Lipinski definition) is 1. The third-order valence-electron chi connectivity index (χ3n) is 5.58. The second-order valence-electron chi connectivity index (χ2n) is 7.74. The summed E-state index contributed by atoms with van der Waals surface area (Å²) in [5, 5.41) is 3.04. The van der Waals surface area contributed by atoms with Crippen LogP contribution in [0.4, 0.5) is 0 Å². The van der Waals surface area contributed by atoms with E-state index in [1.54, 1.807) is 17.5 Å². The molecule has 1 saturated carbocycles. The molecule has 30 heavy (non-hydrogen) atoms. The minimum atomic E-state index is -0.0214. The molecule has 2 aromatic heterocycles. The summed E-state index contributed by atoms with van der Waals surface area (Å²) < 4.78 is 1.17. The lowest BCUT2D eigenvalue weighted by Crippen LogP contribution is -2.25. The van der Waals surface area contributed by atoms with Crippen LogP contribution in [0.1, 0.15) is 40.2 Å². The lowest BCUT2D eigenvalue weighted by atomic mass is 10.0. The summed E-state index contributed by atoms with van der Waals surface area (Å²) in [5.74, 6) is -0.0214. The number of thiazole rings is 1. The molecule has 6 rings (SSSR count). The average molecular weight is 411 g/mol. The van der Waals surface area contributed by atoms with Crippen LogP contribution in [0.2, 0.25) is 0 Å². The van der Waals surface area contributed by atoms with Gasteiger partial charge in [0.2, 0.25) is 0 Å². The van der Waals surface area contributed by atoms with Crippen molar-refractivity contribution >= 4 is 33.0 Å². The number of benzene rings is 2. The van der Waals surface area contributed by atoms with E-state index in [-0.39, 0.29) is 5.91 Å². The Morgan fingerprint density at radius 3 is 2.90 bits per heavy atom. The van der Waals surface area contributed by atoms with Crippen molar-refractivity contribution in [1.29, 1.82) is 0 Å². The lowest BCUT2D eigenvalue weighted by molar-refractivity contribution is 0.0951. The van der Waals surface area contributed by atoms with Gasteiger partial charge < -0.3 is 5.32 Å². The van der Waals surface area contributed by atoms with E-state index in [0.29, 0.717) is 11.6 Å². The average Bonchev–Trinajstić information content (AvgIpc) is 3.30. The first-order valence-corrected chi connectivity index (χ1v) is 10.9. The van der Waals surface area contributed by atoms with Gasteiger partial charge in [-0.2, -0.15) is 0 Å². The third-order valence-corrected chi connectivity index (χ3v) is 6.37. The number of nitrogens with one attached hydrogen (secondary N) is 1. The van der Waals surface area contributed by atoms with E-state index < -0.39 is 0 Å². The first kappa shape index (κ1) is 17.5. The lowest BCUT2D eigenvalue weighted by Gasteiger charge is -2.09. The van der Waals surface area contributed by atoms with E-state index in [1.165, 1.54) is 4.70 Å². The van der Waals surface area contributed by atoms with Crippen molar-refractivity contribution in [3.05, 3.63) is 82.8 Å². The van der Waals surface area contributed by atoms with E-state index in [2.05, 4.69) is 39.6 Å². The Morgan fingerprint density at radius 2 is 2.00 bits per heavy atom. The molecule has 2 heterocycles. The van der Waals surface area contributed by atoms with Gasteiger partial charge in [-0.1, -0.05) is 24.3 Å². The number of fused-ring (bicyclic) bond motifs is 2. The minimum Gasteiger partial charge on any atom is -0.349 e. The number of amides is 1. The molecule has 4 aromatic rings. The zero-order chi connectivity index (χ0) is 20.1. The molecule has 1 amide bonds. The fourth-order valence-electron chi connectivity index (χ4n) is 3.81. The number of aromatic nitrogens is 3. The predicted molar refractivity (Wildman–Crippen MR) is 118 cm³/mol. The van der Waals surface area contributed by atoms with Gasteiger partial charge in [-0.25, -0.2) is 9.97 Å². The number of carbonyl (C=O) groups excluding carboxylic acids is 1. The molecular weight excluding hydrogens is 392 g/mol. The van der Waals surface area contributed by atoms with Gasteiger partial charge in [0, 0.05) is 29.2 Å². The molecule has 0 unspecified atom stereocenters. The van der Waals surface area contributed by atoms with E-state index in [0.717, 1.165) is 58.6 Å². The van der Waals surface area contributed by atoms with Crippen LogP contribution in [0.5, 0.6) is 0 Å². The fourth-order valence-corrected chi connectivity index (χ4v) is 4.52. The van der Waals surface area contributed by atoms with Gasteiger partial charge in [0.05, 0.1) is 39.0 Å². The maximum absolute atomic E-state index is 12.4. The molecule has 0 spiro atoms. The molecule has 1 fully saturated rings. The van der Waals surface area contributed by atoms with Gasteiger partial charge in [0.1, 0.15) is 0 Å². The smallest absolute Gasteiger partial charge is 0.251 e. The summed E-state index contributed by atoms with van der Waals surface area (Å²) in [6.07, 6.45) is 6.92. The highest BCUT2D eigenvalue weighted by atomic mass is 32.1. The van der Waals surface area contributed by atoms with Crippen LogP contribution in [0.25, 0.3) is 27.0 Å². The van der Waals surface area contributed by atoms with Gasteiger partial charge in [-0.3, -0.25) is 9.78 Å². The van der Waals surface area contributed by atoms with Gasteiger partial charge >= 0.3 is 0 Å². The van der Waals surface area contributed by atoms with E-state index in [1.807, 2.05) is 29.8 Å². The number of nitrogens with zero attached hydrogens (tertiary/aromatic N) is 3. The highest BCUT2D eigenvalue weighted by Gasteiger charge is 2.24. The summed E-state index contributed by atoms with van der Waals surface area (Å²) in [4.78, 5) is 26.4. The molecule has 5 nitrogen and oxygen atoms in total. The predicted octanol–water partition coefficient (Wildman–Crippen LogP) is 4.63. The van der Waals surface area contributed by atoms with Gasteiger partial charge in [-0.15, -0.1) is 11.3 Å². The summed E-state index contributed by atoms with van der Waals surface area (Å²) in [7, 11) is 0. The Morgan fingerprint density at radius 1 is 1.07 bits per heavy atom. The molecule has 0 bridgehead atoms. The van der Waals surface area contributed by atoms with Crippen molar-refractivity contribution in [2.75, 3.05) is 0 Å². The molecule has 1 N–H and O–H groups in total. The highest BCUT2D eigenvalue weighted by molar-refractivity contribution is 7.16. The molecule has 2 aliphatic carbocycles. The van der Waals surface area contributed by atoms with Gasteiger partial charge in [-0.05, 0) is 42.7 Å². The molecule has 146 valence electrons. The van der Waals surface area contributed by atoms with Crippen molar-refractivity contribution in [2.24, 2.45) is 0 Å². The molecule has 0 aliphatic heterocycles.